The van der Waals surface area contributed by atoms with Crippen molar-refractivity contribution in [3.8, 4) is 11.3 Å². The zero-order valence-electron chi connectivity index (χ0n) is 14.8. The normalized spacial score (nSPS) is 18.3. The summed E-state index contributed by atoms with van der Waals surface area (Å²) in [4.78, 5) is 11.4. The molecule has 1 aliphatic heterocycles. The van der Waals surface area contributed by atoms with Crippen molar-refractivity contribution in [1.82, 2.24) is 24.5 Å². The number of hydrogen-bond acceptors (Lipinski definition) is 5. The van der Waals surface area contributed by atoms with Crippen LogP contribution in [0.3, 0.4) is 0 Å². The summed E-state index contributed by atoms with van der Waals surface area (Å²) in [5.41, 5.74) is 2.00. The van der Waals surface area contributed by atoms with Gasteiger partial charge in [-0.2, -0.15) is 14.6 Å². The predicted molar refractivity (Wildman–Crippen MR) is 99.5 cm³/mol. The van der Waals surface area contributed by atoms with Gasteiger partial charge in [-0.05, 0) is 32.7 Å². The van der Waals surface area contributed by atoms with Gasteiger partial charge in [0.1, 0.15) is 12.1 Å². The Balaban J connectivity index is 1.56. The molecule has 4 rings (SSSR count). The van der Waals surface area contributed by atoms with Gasteiger partial charge in [-0.25, -0.2) is 4.98 Å². The zero-order chi connectivity index (χ0) is 17.2. The van der Waals surface area contributed by atoms with Crippen LogP contribution in [0.1, 0.15) is 20.3 Å². The lowest BCUT2D eigenvalue weighted by atomic mass is 10.1. The first-order chi connectivity index (χ1) is 12.2. The van der Waals surface area contributed by atoms with E-state index < -0.39 is 0 Å². The Morgan fingerprint density at radius 2 is 2.08 bits per heavy atom. The Morgan fingerprint density at radius 1 is 1.24 bits per heavy atom. The summed E-state index contributed by atoms with van der Waals surface area (Å²) in [7, 11) is 0. The van der Waals surface area contributed by atoms with Crippen molar-refractivity contribution in [2.75, 3.05) is 25.0 Å². The average Bonchev–Trinajstić information content (AvgIpc) is 3.29. The minimum atomic E-state index is 0.623. The van der Waals surface area contributed by atoms with Crippen molar-refractivity contribution in [3.63, 3.8) is 0 Å². The SMILES string of the molecule is CC(C)N1CC[C@H](CNc2cc(-c3ccccc3)nc3ncnn23)C1. The van der Waals surface area contributed by atoms with Crippen LogP contribution in [0.2, 0.25) is 0 Å². The molecule has 1 aliphatic rings. The van der Waals surface area contributed by atoms with Crippen molar-refractivity contribution in [2.24, 2.45) is 5.92 Å². The molecule has 0 amide bonds. The van der Waals surface area contributed by atoms with Crippen molar-refractivity contribution < 1.29 is 0 Å². The first-order valence-corrected chi connectivity index (χ1v) is 8.95. The number of benzene rings is 1. The molecular weight excluding hydrogens is 312 g/mol. The third-order valence-corrected chi connectivity index (χ3v) is 4.94. The van der Waals surface area contributed by atoms with E-state index in [1.807, 2.05) is 18.2 Å². The molecule has 0 aliphatic carbocycles. The number of likely N-dealkylation sites (tertiary alicyclic amines) is 1. The number of nitrogens with zero attached hydrogens (tertiary/aromatic N) is 5. The summed E-state index contributed by atoms with van der Waals surface area (Å²) in [5.74, 6) is 2.23. The van der Waals surface area contributed by atoms with Crippen molar-refractivity contribution in [1.29, 1.82) is 0 Å². The summed E-state index contributed by atoms with van der Waals surface area (Å²) in [6.45, 7) is 7.82. The van der Waals surface area contributed by atoms with Crippen LogP contribution in [0, 0.1) is 5.92 Å². The predicted octanol–water partition coefficient (Wildman–Crippen LogP) is 2.93. The third-order valence-electron chi connectivity index (χ3n) is 4.94. The highest BCUT2D eigenvalue weighted by Crippen LogP contribution is 2.23. The lowest BCUT2D eigenvalue weighted by molar-refractivity contribution is 0.266. The fourth-order valence-electron chi connectivity index (χ4n) is 3.44. The smallest absolute Gasteiger partial charge is 0.254 e. The average molecular weight is 336 g/mol. The molecule has 0 bridgehead atoms. The Kier molecular flexibility index (Phi) is 4.36. The molecule has 0 radical (unpaired) electrons. The molecule has 2 aromatic heterocycles. The number of fused-ring (bicyclic) bond motifs is 1. The van der Waals surface area contributed by atoms with Gasteiger partial charge >= 0.3 is 0 Å². The van der Waals surface area contributed by atoms with Crippen LogP contribution in [0.15, 0.2) is 42.7 Å². The molecular formula is C19H24N6. The van der Waals surface area contributed by atoms with E-state index in [1.54, 1.807) is 10.8 Å². The number of hydrogen-bond donors (Lipinski definition) is 1. The van der Waals surface area contributed by atoms with E-state index >= 15 is 0 Å². The second-order valence-corrected chi connectivity index (χ2v) is 6.99. The molecule has 6 nitrogen and oxygen atoms in total. The molecule has 1 aromatic carbocycles. The molecule has 0 spiro atoms. The second-order valence-electron chi connectivity index (χ2n) is 6.99. The zero-order valence-corrected chi connectivity index (χ0v) is 14.8. The Hall–Kier alpha value is -2.47. The monoisotopic (exact) mass is 336 g/mol. The second kappa shape index (κ2) is 6.80. The van der Waals surface area contributed by atoms with Crippen molar-refractivity contribution >= 4 is 11.6 Å². The van der Waals surface area contributed by atoms with Crippen LogP contribution < -0.4 is 5.32 Å². The van der Waals surface area contributed by atoms with Crippen molar-refractivity contribution in [2.45, 2.75) is 26.3 Å². The molecule has 1 N–H and O–H groups in total. The van der Waals surface area contributed by atoms with Crippen LogP contribution >= 0.6 is 0 Å². The molecule has 1 saturated heterocycles. The molecule has 0 saturated carbocycles. The summed E-state index contributed by atoms with van der Waals surface area (Å²) in [5, 5.41) is 7.89. The molecule has 1 atom stereocenters. The summed E-state index contributed by atoms with van der Waals surface area (Å²) in [6.07, 6.45) is 2.79. The topological polar surface area (TPSA) is 58.3 Å². The summed E-state index contributed by atoms with van der Waals surface area (Å²) >= 11 is 0. The highest BCUT2D eigenvalue weighted by molar-refractivity contribution is 5.65. The Bertz CT molecular complexity index is 842. The standard InChI is InChI=1S/C19H24N6/c1-14(2)24-9-8-15(12-24)11-20-18-10-17(16-6-4-3-5-7-16)23-19-21-13-22-25(18)19/h3-7,10,13-15,20H,8-9,11-12H2,1-2H3/t15-/m1/s1. The van der Waals surface area contributed by atoms with Gasteiger partial charge in [0.25, 0.3) is 5.78 Å². The lowest BCUT2D eigenvalue weighted by Crippen LogP contribution is -2.29. The molecule has 0 unspecified atom stereocenters. The molecule has 3 aromatic rings. The maximum absolute atomic E-state index is 4.62. The lowest BCUT2D eigenvalue weighted by Gasteiger charge is -2.20. The molecule has 1 fully saturated rings. The van der Waals surface area contributed by atoms with Crippen LogP contribution in [-0.2, 0) is 0 Å². The van der Waals surface area contributed by atoms with E-state index in [2.05, 4.69) is 57.3 Å². The maximum Gasteiger partial charge on any atom is 0.254 e. The number of nitrogens with one attached hydrogen (secondary N) is 1. The molecule has 25 heavy (non-hydrogen) atoms. The first-order valence-electron chi connectivity index (χ1n) is 8.95. The van der Waals surface area contributed by atoms with Gasteiger partial charge in [-0.3, -0.25) is 0 Å². The quantitative estimate of drug-likeness (QED) is 0.776. The van der Waals surface area contributed by atoms with E-state index in [9.17, 15) is 0 Å². The number of aromatic nitrogens is 4. The van der Waals surface area contributed by atoms with Gasteiger partial charge in [-0.1, -0.05) is 30.3 Å². The van der Waals surface area contributed by atoms with Crippen LogP contribution in [0.5, 0.6) is 0 Å². The molecule has 130 valence electrons. The van der Waals surface area contributed by atoms with Gasteiger partial charge in [0, 0.05) is 30.8 Å². The number of anilines is 1. The van der Waals surface area contributed by atoms with E-state index in [1.165, 1.54) is 13.0 Å². The molecule has 6 heteroatoms. The Morgan fingerprint density at radius 3 is 2.84 bits per heavy atom. The van der Waals surface area contributed by atoms with Gasteiger partial charge in [0.05, 0.1) is 5.69 Å². The van der Waals surface area contributed by atoms with Gasteiger partial charge in [0.15, 0.2) is 0 Å². The minimum Gasteiger partial charge on any atom is -0.370 e. The number of rotatable bonds is 5. The minimum absolute atomic E-state index is 0.623. The van der Waals surface area contributed by atoms with E-state index in [4.69, 9.17) is 0 Å². The third kappa shape index (κ3) is 3.35. The van der Waals surface area contributed by atoms with E-state index in [0.717, 1.165) is 30.2 Å². The maximum atomic E-state index is 4.62. The van der Waals surface area contributed by atoms with E-state index in [-0.39, 0.29) is 0 Å². The van der Waals surface area contributed by atoms with Crippen LogP contribution in [0.4, 0.5) is 5.82 Å². The fourth-order valence-corrected chi connectivity index (χ4v) is 3.44. The largest absolute Gasteiger partial charge is 0.370 e. The Labute approximate surface area is 147 Å². The summed E-state index contributed by atoms with van der Waals surface area (Å²) < 4.78 is 1.78. The van der Waals surface area contributed by atoms with Crippen molar-refractivity contribution in [3.05, 3.63) is 42.7 Å². The fraction of sp³-hybridized carbons (Fsp3) is 0.421. The molecule has 3 heterocycles. The summed E-state index contributed by atoms with van der Waals surface area (Å²) in [6, 6.07) is 12.9. The van der Waals surface area contributed by atoms with Gasteiger partial charge in [0.2, 0.25) is 0 Å². The van der Waals surface area contributed by atoms with Gasteiger partial charge in [-0.15, -0.1) is 0 Å². The first kappa shape index (κ1) is 16.0. The van der Waals surface area contributed by atoms with Crippen LogP contribution in [-0.4, -0.2) is 50.2 Å². The highest BCUT2D eigenvalue weighted by atomic mass is 15.4. The highest BCUT2D eigenvalue weighted by Gasteiger charge is 2.24. The van der Waals surface area contributed by atoms with E-state index in [0.29, 0.717) is 17.7 Å². The van der Waals surface area contributed by atoms with Crippen LogP contribution in [0.25, 0.3) is 17.0 Å². The van der Waals surface area contributed by atoms with Gasteiger partial charge < -0.3 is 10.2 Å².